The van der Waals surface area contributed by atoms with Gasteiger partial charge in [0.2, 0.25) is 5.91 Å². The maximum Gasteiger partial charge on any atom is 0.335 e. The number of hydrogen-bond donors (Lipinski definition) is 4. The van der Waals surface area contributed by atoms with Crippen LogP contribution in [0.1, 0.15) is 138 Å². The molecule has 6 aromatic rings. The molecular weight excluding hydrogens is 1130 g/mol. The fraction of sp³-hybridized carbons (Fsp3) is 0.448. The molecule has 0 spiro atoms. The van der Waals surface area contributed by atoms with Gasteiger partial charge in [0.1, 0.15) is 17.7 Å². The molecule has 1 aliphatic heterocycles. The lowest BCUT2D eigenvalue weighted by molar-refractivity contribution is -0.198. The van der Waals surface area contributed by atoms with E-state index in [1.165, 1.54) is 31.2 Å². The Morgan fingerprint density at radius 1 is 0.628 bits per heavy atom. The van der Waals surface area contributed by atoms with Crippen molar-refractivity contribution >= 4 is 80.3 Å². The standard InChI is InChI=1S/C40H57FN2O6Si2.C27H31FN2O5/c1-27(2)42-33-16-14-13-15-32(33)38(28-17-19-29(41)20-18-28)34(42)22-21-30(48-50(9,10)39(3,4)5)25-31(49-51(11,12)40(6,7)8)26-37(46)47-43-35(44)23-24-36(43)45;1-16(2)30-23-7-5-4-6-22(23)26(18-8-10-19(28)11-9-18)24(30)13-12-20(31)14-21(32)15-25(33)29-17(3)27(34)35/h13-22,27,30-31H,23-26H2,1-12H3;4-13,16-17,20-21,31-32H,14-15H2,1-3H3,(H,29,33)(H,34,35)/b22-21+;13-12+/t30-,31-;17-,20-,21-/m00/s1. The highest BCUT2D eigenvalue weighted by molar-refractivity contribution is 6.74. The summed E-state index contributed by atoms with van der Waals surface area (Å²) in [4.78, 5) is 66.0. The van der Waals surface area contributed by atoms with Gasteiger partial charge in [-0.3, -0.25) is 19.2 Å². The summed E-state index contributed by atoms with van der Waals surface area (Å²) >= 11 is 0. The number of carboxylic acid groups (broad SMARTS) is 1. The SMILES string of the molecule is CC(C)n1c(/C=C/[C@@H](C[C@@H](CC(=O)ON2C(=O)CCC2=O)O[Si](C)(C)C(C)(C)C)O[Si](C)(C)C(C)(C)C)c(-c2ccc(F)cc2)c2ccccc21.CC(C)n1c(/C=C/[C@H](O)C[C@H](O)CC(=O)N[C@@H](C)C(=O)O)c(-c2ccc(F)cc2)c2ccccc21. The van der Waals surface area contributed by atoms with Crippen molar-refractivity contribution in [1.82, 2.24) is 19.5 Å². The highest BCUT2D eigenvalue weighted by atomic mass is 28.4. The Hall–Kier alpha value is -6.88. The number of carbonyl (C=O) groups is 5. The number of para-hydroxylation sites is 2. The number of aliphatic hydroxyl groups is 2. The van der Waals surface area contributed by atoms with E-state index in [0.717, 1.165) is 55.4 Å². The number of fused-ring (bicyclic) bond motifs is 2. The van der Waals surface area contributed by atoms with Crippen LogP contribution < -0.4 is 5.32 Å². The zero-order chi connectivity index (χ0) is 63.8. The van der Waals surface area contributed by atoms with Crippen molar-refractivity contribution in [2.45, 2.75) is 193 Å². The Bertz CT molecular complexity index is 3410. The summed E-state index contributed by atoms with van der Waals surface area (Å²) in [5, 5.41) is 34.3. The topological polar surface area (TPSA) is 199 Å². The van der Waals surface area contributed by atoms with E-state index in [0.29, 0.717) is 11.5 Å². The van der Waals surface area contributed by atoms with Crippen LogP contribution in [0.5, 0.6) is 0 Å². The minimum atomic E-state index is -2.42. The average molecular weight is 1220 g/mol. The molecule has 86 heavy (non-hydrogen) atoms. The van der Waals surface area contributed by atoms with Gasteiger partial charge >= 0.3 is 11.9 Å². The molecule has 464 valence electrons. The molecule has 0 unspecified atom stereocenters. The van der Waals surface area contributed by atoms with Gasteiger partial charge in [-0.2, -0.15) is 0 Å². The van der Waals surface area contributed by atoms with E-state index >= 15 is 0 Å². The van der Waals surface area contributed by atoms with Gasteiger partial charge in [0.25, 0.3) is 11.8 Å². The van der Waals surface area contributed by atoms with Gasteiger partial charge in [0.15, 0.2) is 16.6 Å². The summed E-state index contributed by atoms with van der Waals surface area (Å²) in [6, 6.07) is 28.1. The number of imide groups is 1. The van der Waals surface area contributed by atoms with Gasteiger partial charge in [-0.15, -0.1) is 5.06 Å². The monoisotopic (exact) mass is 1220 g/mol. The molecule has 3 heterocycles. The zero-order valence-electron chi connectivity index (χ0n) is 52.5. The van der Waals surface area contributed by atoms with Crippen molar-refractivity contribution in [3.8, 4) is 22.3 Å². The molecule has 0 radical (unpaired) electrons. The second-order valence-electron chi connectivity index (χ2n) is 25.9. The summed E-state index contributed by atoms with van der Waals surface area (Å²) in [5.41, 5.74) is 7.51. The number of benzene rings is 4. The molecule has 7 rings (SSSR count). The molecule has 1 fully saturated rings. The lowest BCUT2D eigenvalue weighted by Gasteiger charge is -2.42. The number of hydrogen-bond acceptors (Lipinski definition) is 10. The molecular formula is C67H88F2N4O11Si2. The number of nitrogens with zero attached hydrogens (tertiary/aromatic N) is 3. The fourth-order valence-corrected chi connectivity index (χ4v) is 12.6. The molecule has 0 saturated carbocycles. The van der Waals surface area contributed by atoms with Crippen LogP contribution in [0.15, 0.2) is 109 Å². The maximum atomic E-state index is 14.1. The molecule has 19 heteroatoms. The Morgan fingerprint density at radius 2 is 1.06 bits per heavy atom. The van der Waals surface area contributed by atoms with Crippen LogP contribution in [-0.2, 0) is 37.7 Å². The van der Waals surface area contributed by atoms with Crippen LogP contribution in [0.3, 0.4) is 0 Å². The number of carboxylic acids is 1. The molecule has 4 aromatic carbocycles. The van der Waals surface area contributed by atoms with Crippen molar-refractivity contribution in [2.75, 3.05) is 0 Å². The second-order valence-corrected chi connectivity index (χ2v) is 35.4. The van der Waals surface area contributed by atoms with E-state index in [2.05, 4.69) is 134 Å². The minimum Gasteiger partial charge on any atom is -0.480 e. The predicted molar refractivity (Wildman–Crippen MR) is 341 cm³/mol. The number of hydroxylamine groups is 2. The molecule has 1 aliphatic rings. The first-order valence-electron chi connectivity index (χ1n) is 29.5. The van der Waals surface area contributed by atoms with E-state index in [-0.39, 0.29) is 65.9 Å². The van der Waals surface area contributed by atoms with Gasteiger partial charge in [0, 0.05) is 82.1 Å². The van der Waals surface area contributed by atoms with E-state index in [9.17, 15) is 43.0 Å². The molecule has 15 nitrogen and oxygen atoms in total. The summed E-state index contributed by atoms with van der Waals surface area (Å²) in [6.07, 6.45) is 4.06. The van der Waals surface area contributed by atoms with Gasteiger partial charge in [-0.05, 0) is 131 Å². The fourth-order valence-electron chi connectivity index (χ4n) is 9.99. The number of nitrogens with one attached hydrogen (secondary N) is 1. The first-order valence-corrected chi connectivity index (χ1v) is 35.4. The van der Waals surface area contributed by atoms with Gasteiger partial charge in [0.05, 0.1) is 37.3 Å². The van der Waals surface area contributed by atoms with Crippen LogP contribution in [0.2, 0.25) is 36.3 Å². The third-order valence-corrected chi connectivity index (χ3v) is 25.5. The number of aliphatic carboxylic acids is 1. The zero-order valence-corrected chi connectivity index (χ0v) is 54.5. The van der Waals surface area contributed by atoms with E-state index in [4.69, 9.17) is 18.8 Å². The molecule has 5 atom stereocenters. The van der Waals surface area contributed by atoms with E-state index in [1.807, 2.05) is 48.5 Å². The van der Waals surface area contributed by atoms with Gasteiger partial charge in [-0.1, -0.05) is 114 Å². The normalized spacial score (nSPS) is 15.4. The van der Waals surface area contributed by atoms with Crippen molar-refractivity contribution in [2.24, 2.45) is 0 Å². The maximum absolute atomic E-state index is 14.1. The summed E-state index contributed by atoms with van der Waals surface area (Å²) in [7, 11) is -4.78. The predicted octanol–water partition coefficient (Wildman–Crippen LogP) is 14.3. The van der Waals surface area contributed by atoms with Crippen LogP contribution in [0.25, 0.3) is 56.2 Å². The quantitative estimate of drug-likeness (QED) is 0.0352. The van der Waals surface area contributed by atoms with Crippen LogP contribution in [0.4, 0.5) is 8.78 Å². The first kappa shape index (κ1) is 68.2. The van der Waals surface area contributed by atoms with Crippen LogP contribution in [-0.4, -0.2) is 106 Å². The van der Waals surface area contributed by atoms with Gasteiger partial charge < -0.3 is 43.5 Å². The van der Waals surface area contributed by atoms with Crippen molar-refractivity contribution in [1.29, 1.82) is 0 Å². The smallest absolute Gasteiger partial charge is 0.335 e. The van der Waals surface area contributed by atoms with E-state index in [1.54, 1.807) is 24.3 Å². The van der Waals surface area contributed by atoms with Crippen molar-refractivity contribution in [3.63, 3.8) is 0 Å². The summed E-state index contributed by atoms with van der Waals surface area (Å²) in [5.74, 6) is -4.14. The van der Waals surface area contributed by atoms with E-state index < -0.39 is 76.8 Å². The Kier molecular flexibility index (Phi) is 22.5. The minimum absolute atomic E-state index is 0.0241. The lowest BCUT2D eigenvalue weighted by Crippen LogP contribution is -2.47. The molecule has 2 aromatic heterocycles. The number of aromatic nitrogens is 2. The van der Waals surface area contributed by atoms with Crippen molar-refractivity contribution < 1.29 is 61.8 Å². The number of carbonyl (C=O) groups excluding carboxylic acids is 4. The Morgan fingerprint density at radius 3 is 1.49 bits per heavy atom. The highest BCUT2D eigenvalue weighted by Gasteiger charge is 2.43. The Balaban J connectivity index is 0.000000295. The van der Waals surface area contributed by atoms with Gasteiger partial charge in [-0.25, -0.2) is 13.6 Å². The number of aliphatic hydroxyl groups excluding tert-OH is 2. The largest absolute Gasteiger partial charge is 0.480 e. The molecule has 1 saturated heterocycles. The summed E-state index contributed by atoms with van der Waals surface area (Å²) < 4.78 is 46.1. The third-order valence-electron chi connectivity index (χ3n) is 16.4. The Labute approximate surface area is 507 Å². The highest BCUT2D eigenvalue weighted by Crippen LogP contribution is 2.43. The number of rotatable bonds is 23. The average Bonchev–Trinajstić information content (AvgIpc) is 1.96. The van der Waals surface area contributed by atoms with Crippen LogP contribution >= 0.6 is 0 Å². The number of halogens is 2. The molecule has 0 bridgehead atoms. The second kappa shape index (κ2) is 28.3. The molecule has 3 amide bonds. The van der Waals surface area contributed by atoms with Crippen LogP contribution in [0, 0.1) is 11.6 Å². The van der Waals surface area contributed by atoms with Crippen molar-refractivity contribution in [3.05, 3.63) is 132 Å². The molecule has 4 N–H and O–H groups in total. The number of amides is 3. The lowest BCUT2D eigenvalue weighted by atomic mass is 10.0. The first-order chi connectivity index (χ1) is 40.1. The third kappa shape index (κ3) is 17.0. The molecule has 0 aliphatic carbocycles. The summed E-state index contributed by atoms with van der Waals surface area (Å²) in [6.45, 7) is 31.4.